The third-order valence-corrected chi connectivity index (χ3v) is 6.28. The summed E-state index contributed by atoms with van der Waals surface area (Å²) < 4.78 is 28.9. The number of fused-ring (bicyclic) bond motifs is 1. The maximum absolute atomic E-state index is 12.9. The third-order valence-electron chi connectivity index (χ3n) is 4.07. The molecule has 0 atom stereocenters. The van der Waals surface area contributed by atoms with Gasteiger partial charge in [0.1, 0.15) is 0 Å². The van der Waals surface area contributed by atoms with E-state index in [0.29, 0.717) is 10.6 Å². The summed E-state index contributed by atoms with van der Waals surface area (Å²) in [6.45, 7) is 0. The Morgan fingerprint density at radius 1 is 1.04 bits per heavy atom. The summed E-state index contributed by atoms with van der Waals surface area (Å²) in [7, 11) is 0.186. The maximum Gasteiger partial charge on any atom is 0.332 e. The third kappa shape index (κ3) is 2.85. The number of hydrogen-bond donors (Lipinski definition) is 0. The molecule has 2 heterocycles. The van der Waals surface area contributed by atoms with Crippen LogP contribution >= 0.6 is 23.2 Å². The van der Waals surface area contributed by atoms with Gasteiger partial charge in [-0.05, 0) is 23.8 Å². The average molecular weight is 417 g/mol. The first-order valence-electron chi connectivity index (χ1n) is 7.33. The Hall–Kier alpha value is -2.10. The fourth-order valence-electron chi connectivity index (χ4n) is 2.70. The lowest BCUT2D eigenvalue weighted by Gasteiger charge is -2.07. The number of aromatic nitrogens is 4. The number of imidazole rings is 1. The van der Waals surface area contributed by atoms with Crippen molar-refractivity contribution in [3.05, 3.63) is 54.6 Å². The van der Waals surface area contributed by atoms with Crippen LogP contribution in [0.4, 0.5) is 0 Å². The smallest absolute Gasteiger partial charge is 0.312 e. The van der Waals surface area contributed by atoms with E-state index in [1.54, 1.807) is 6.07 Å². The van der Waals surface area contributed by atoms with Crippen molar-refractivity contribution >= 4 is 44.2 Å². The van der Waals surface area contributed by atoms with Crippen LogP contribution in [0.2, 0.25) is 10.0 Å². The van der Waals surface area contributed by atoms with E-state index in [1.165, 1.54) is 37.8 Å². The zero-order valence-corrected chi connectivity index (χ0v) is 16.4. The molecule has 0 radical (unpaired) electrons. The summed E-state index contributed by atoms with van der Waals surface area (Å²) in [6, 6.07) is 4.51. The number of halogens is 2. The van der Waals surface area contributed by atoms with Gasteiger partial charge in [-0.2, -0.15) is 4.98 Å². The van der Waals surface area contributed by atoms with Gasteiger partial charge in [-0.15, -0.1) is 0 Å². The molecule has 3 aromatic rings. The van der Waals surface area contributed by atoms with Crippen molar-refractivity contribution in [3.63, 3.8) is 0 Å². The van der Waals surface area contributed by atoms with E-state index in [1.807, 2.05) is 0 Å². The highest BCUT2D eigenvalue weighted by molar-refractivity contribution is 7.90. The molecule has 138 valence electrons. The van der Waals surface area contributed by atoms with E-state index in [4.69, 9.17) is 23.2 Å². The highest BCUT2D eigenvalue weighted by atomic mass is 35.5. The lowest BCUT2D eigenvalue weighted by atomic mass is 10.2. The number of hydrogen-bond acceptors (Lipinski definition) is 5. The molecule has 0 unspecified atom stereocenters. The molecule has 0 N–H and O–H groups in total. The normalized spacial score (nSPS) is 12.0. The first-order chi connectivity index (χ1) is 12.0. The number of nitrogens with zero attached hydrogens (tertiary/aromatic N) is 4. The second-order valence-electron chi connectivity index (χ2n) is 5.83. The minimum atomic E-state index is -3.96. The molecule has 0 aliphatic heterocycles. The van der Waals surface area contributed by atoms with Gasteiger partial charge in [-0.1, -0.05) is 23.2 Å². The van der Waals surface area contributed by atoms with Gasteiger partial charge in [0.25, 0.3) is 5.56 Å². The summed E-state index contributed by atoms with van der Waals surface area (Å²) in [5, 5.41) is 0.266. The standard InChI is InChI=1S/C15H14Cl2N4O4S/c1-19-11-12(20(2)15(23)21(3)13(11)22)18-14(19)26(24,25)7-8-6-9(16)4-5-10(8)17/h4-6H,7H2,1-3H3. The summed E-state index contributed by atoms with van der Waals surface area (Å²) in [4.78, 5) is 28.5. The first-order valence-corrected chi connectivity index (χ1v) is 9.74. The van der Waals surface area contributed by atoms with Crippen LogP contribution in [0, 0.1) is 0 Å². The molecule has 1 aromatic carbocycles. The first kappa shape index (κ1) is 18.7. The molecule has 3 rings (SSSR count). The molecule has 0 saturated heterocycles. The summed E-state index contributed by atoms with van der Waals surface area (Å²) in [5.74, 6) is -0.447. The molecule has 11 heteroatoms. The molecule has 0 bridgehead atoms. The topological polar surface area (TPSA) is 96.0 Å². The van der Waals surface area contributed by atoms with Crippen LogP contribution in [0.25, 0.3) is 11.2 Å². The lowest BCUT2D eigenvalue weighted by molar-refractivity contribution is 0.579. The second kappa shape index (κ2) is 6.26. The van der Waals surface area contributed by atoms with Gasteiger partial charge in [-0.3, -0.25) is 13.9 Å². The van der Waals surface area contributed by atoms with Crippen molar-refractivity contribution in [2.75, 3.05) is 0 Å². The fourth-order valence-corrected chi connectivity index (χ4v) is 4.67. The number of rotatable bonds is 3. The quantitative estimate of drug-likeness (QED) is 0.639. The van der Waals surface area contributed by atoms with Gasteiger partial charge in [0.2, 0.25) is 15.0 Å². The minimum absolute atomic E-state index is 0.00336. The van der Waals surface area contributed by atoms with Crippen molar-refractivity contribution in [1.29, 1.82) is 0 Å². The Labute approximate surface area is 158 Å². The summed E-state index contributed by atoms with van der Waals surface area (Å²) >= 11 is 12.0. The molecular formula is C15H14Cl2N4O4S. The molecule has 0 spiro atoms. The zero-order valence-electron chi connectivity index (χ0n) is 14.0. The maximum atomic E-state index is 12.9. The van der Waals surface area contributed by atoms with Crippen LogP contribution < -0.4 is 11.2 Å². The number of benzene rings is 1. The lowest BCUT2D eigenvalue weighted by Crippen LogP contribution is -2.37. The molecule has 0 fully saturated rings. The largest absolute Gasteiger partial charge is 0.332 e. The summed E-state index contributed by atoms with van der Waals surface area (Å²) in [6.07, 6.45) is 0. The van der Waals surface area contributed by atoms with Gasteiger partial charge >= 0.3 is 5.69 Å². The molecule has 2 aromatic heterocycles. The van der Waals surface area contributed by atoms with Crippen LogP contribution in [0.5, 0.6) is 0 Å². The zero-order chi connectivity index (χ0) is 19.4. The van der Waals surface area contributed by atoms with Crippen molar-refractivity contribution in [2.45, 2.75) is 10.9 Å². The van der Waals surface area contributed by atoms with Crippen molar-refractivity contribution in [3.8, 4) is 0 Å². The highest BCUT2D eigenvalue weighted by Crippen LogP contribution is 2.25. The van der Waals surface area contributed by atoms with E-state index in [9.17, 15) is 18.0 Å². The molecule has 8 nitrogen and oxygen atoms in total. The molecule has 0 saturated carbocycles. The highest BCUT2D eigenvalue weighted by Gasteiger charge is 2.27. The second-order valence-corrected chi connectivity index (χ2v) is 8.55. The van der Waals surface area contributed by atoms with Crippen LogP contribution in [-0.4, -0.2) is 27.1 Å². The number of aryl methyl sites for hydroxylation is 2. The van der Waals surface area contributed by atoms with Crippen LogP contribution in [-0.2, 0) is 36.7 Å². The van der Waals surface area contributed by atoms with Crippen molar-refractivity contribution < 1.29 is 8.42 Å². The molecule has 0 aliphatic carbocycles. The predicted molar refractivity (Wildman–Crippen MR) is 98.5 cm³/mol. The molecular weight excluding hydrogens is 403 g/mol. The Morgan fingerprint density at radius 2 is 1.69 bits per heavy atom. The molecule has 0 amide bonds. The Kier molecular flexibility index (Phi) is 4.50. The van der Waals surface area contributed by atoms with E-state index in [2.05, 4.69) is 4.98 Å². The van der Waals surface area contributed by atoms with Crippen molar-refractivity contribution in [2.24, 2.45) is 21.1 Å². The van der Waals surface area contributed by atoms with Gasteiger partial charge in [0.05, 0.1) is 5.75 Å². The van der Waals surface area contributed by atoms with Gasteiger partial charge in [-0.25, -0.2) is 13.2 Å². The van der Waals surface area contributed by atoms with Gasteiger partial charge in [0, 0.05) is 31.2 Å². The monoisotopic (exact) mass is 416 g/mol. The van der Waals surface area contributed by atoms with E-state index >= 15 is 0 Å². The van der Waals surface area contributed by atoms with Gasteiger partial charge in [0.15, 0.2) is 11.2 Å². The Balaban J connectivity index is 2.25. The SMILES string of the molecule is Cn1c(=O)c2c(nc(S(=O)(=O)Cc3cc(Cl)ccc3Cl)n2C)n(C)c1=O. The molecule has 26 heavy (non-hydrogen) atoms. The predicted octanol–water partition coefficient (Wildman–Crippen LogP) is 1.25. The average Bonchev–Trinajstić information content (AvgIpc) is 2.92. The minimum Gasteiger partial charge on any atom is -0.312 e. The van der Waals surface area contributed by atoms with E-state index in [0.717, 1.165) is 9.13 Å². The van der Waals surface area contributed by atoms with E-state index < -0.39 is 26.8 Å². The van der Waals surface area contributed by atoms with Crippen LogP contribution in [0.1, 0.15) is 5.56 Å². The molecule has 0 aliphatic rings. The van der Waals surface area contributed by atoms with Gasteiger partial charge < -0.3 is 4.57 Å². The Bertz CT molecular complexity index is 1270. The number of sulfone groups is 1. The van der Waals surface area contributed by atoms with Crippen LogP contribution in [0.15, 0.2) is 32.9 Å². The summed E-state index contributed by atoms with van der Waals surface area (Å²) in [5.41, 5.74) is -0.891. The van der Waals surface area contributed by atoms with E-state index in [-0.39, 0.29) is 21.3 Å². The Morgan fingerprint density at radius 3 is 2.35 bits per heavy atom. The van der Waals surface area contributed by atoms with Crippen LogP contribution in [0.3, 0.4) is 0 Å². The van der Waals surface area contributed by atoms with Crippen molar-refractivity contribution in [1.82, 2.24) is 18.7 Å². The fraction of sp³-hybridized carbons (Fsp3) is 0.267.